The summed E-state index contributed by atoms with van der Waals surface area (Å²) >= 11 is 0. The van der Waals surface area contributed by atoms with Crippen LogP contribution in [0.4, 0.5) is 0 Å². The molecule has 2 N–H and O–H groups in total. The van der Waals surface area contributed by atoms with E-state index in [-0.39, 0.29) is 0 Å². The minimum atomic E-state index is 0.603. The number of hydrogen-bond acceptors (Lipinski definition) is 3. The number of aryl methyl sites for hydroxylation is 1. The smallest absolute Gasteiger partial charge is 0.0925 e. The minimum Gasteiger partial charge on any atom is -0.348 e. The molecule has 16 heavy (non-hydrogen) atoms. The summed E-state index contributed by atoms with van der Waals surface area (Å²) in [6.45, 7) is 6.23. The summed E-state index contributed by atoms with van der Waals surface area (Å²) in [5, 5.41) is 3.47. The molecule has 1 aromatic heterocycles. The largest absolute Gasteiger partial charge is 0.348 e. The van der Waals surface area contributed by atoms with Gasteiger partial charge in [0.25, 0.3) is 0 Å². The lowest BCUT2D eigenvalue weighted by Crippen LogP contribution is -2.39. The molecule has 1 aliphatic rings. The summed E-state index contributed by atoms with van der Waals surface area (Å²) in [6.07, 6.45) is 4.50. The van der Waals surface area contributed by atoms with Gasteiger partial charge in [-0.2, -0.15) is 0 Å². The molecule has 4 nitrogen and oxygen atoms in total. The van der Waals surface area contributed by atoms with Gasteiger partial charge in [0.1, 0.15) is 0 Å². The van der Waals surface area contributed by atoms with E-state index in [2.05, 4.69) is 41.1 Å². The second-order valence-corrected chi connectivity index (χ2v) is 4.85. The second-order valence-electron chi connectivity index (χ2n) is 4.85. The average molecular weight is 222 g/mol. The number of rotatable bonds is 6. The monoisotopic (exact) mass is 222 g/mol. The van der Waals surface area contributed by atoms with Crippen LogP contribution >= 0.6 is 0 Å². The zero-order chi connectivity index (χ0) is 11.5. The van der Waals surface area contributed by atoms with Crippen LogP contribution in [-0.2, 0) is 6.54 Å². The highest BCUT2D eigenvalue weighted by atomic mass is 15.2. The zero-order valence-electron chi connectivity index (χ0n) is 10.5. The molecule has 1 fully saturated rings. The lowest BCUT2D eigenvalue weighted by molar-refractivity contribution is 0.241. The number of H-pyrrole nitrogens is 1. The van der Waals surface area contributed by atoms with E-state index in [0.717, 1.165) is 30.5 Å². The second kappa shape index (κ2) is 4.97. The van der Waals surface area contributed by atoms with Crippen molar-refractivity contribution in [1.29, 1.82) is 0 Å². The predicted molar refractivity (Wildman–Crippen MR) is 65.3 cm³/mol. The van der Waals surface area contributed by atoms with E-state index < -0.39 is 0 Å². The molecular formula is C12H22N4. The fraction of sp³-hybridized carbons (Fsp3) is 0.750. The van der Waals surface area contributed by atoms with E-state index in [1.54, 1.807) is 6.33 Å². The molecule has 1 aliphatic carbocycles. The SMILES string of the molecule is Cc1[nH]cnc1CNCC(C)N(C)C1CC1. The molecule has 2 rings (SSSR count). The Morgan fingerprint density at radius 3 is 2.94 bits per heavy atom. The molecule has 1 aromatic rings. The summed E-state index contributed by atoms with van der Waals surface area (Å²) in [5.41, 5.74) is 2.29. The van der Waals surface area contributed by atoms with E-state index in [9.17, 15) is 0 Å². The average Bonchev–Trinajstić information content (AvgIpc) is 3.03. The van der Waals surface area contributed by atoms with Gasteiger partial charge in [-0.3, -0.25) is 4.90 Å². The van der Waals surface area contributed by atoms with Gasteiger partial charge in [-0.25, -0.2) is 4.98 Å². The van der Waals surface area contributed by atoms with Crippen LogP contribution in [0.3, 0.4) is 0 Å². The van der Waals surface area contributed by atoms with Gasteiger partial charge < -0.3 is 10.3 Å². The highest BCUT2D eigenvalue weighted by molar-refractivity contribution is 5.07. The Balaban J connectivity index is 1.69. The van der Waals surface area contributed by atoms with Crippen molar-refractivity contribution in [2.45, 2.75) is 45.3 Å². The molecule has 0 bridgehead atoms. The number of likely N-dealkylation sites (N-methyl/N-ethyl adjacent to an activating group) is 1. The van der Waals surface area contributed by atoms with Gasteiger partial charge in [0.05, 0.1) is 12.0 Å². The van der Waals surface area contributed by atoms with E-state index >= 15 is 0 Å². The van der Waals surface area contributed by atoms with Crippen LogP contribution < -0.4 is 5.32 Å². The molecular weight excluding hydrogens is 200 g/mol. The lowest BCUT2D eigenvalue weighted by Gasteiger charge is -2.24. The van der Waals surface area contributed by atoms with Gasteiger partial charge in [-0.1, -0.05) is 0 Å². The molecule has 1 atom stereocenters. The quantitative estimate of drug-likeness (QED) is 0.762. The summed E-state index contributed by atoms with van der Waals surface area (Å²) in [5.74, 6) is 0. The van der Waals surface area contributed by atoms with Crippen molar-refractivity contribution in [1.82, 2.24) is 20.2 Å². The lowest BCUT2D eigenvalue weighted by atomic mass is 10.2. The third-order valence-corrected chi connectivity index (χ3v) is 3.48. The maximum absolute atomic E-state index is 4.27. The third kappa shape index (κ3) is 2.83. The molecule has 90 valence electrons. The molecule has 0 aromatic carbocycles. The van der Waals surface area contributed by atoms with Gasteiger partial charge in [0.15, 0.2) is 0 Å². The standard InChI is InChI=1S/C12H22N4/c1-9(16(3)11-4-5-11)6-13-7-12-10(2)14-8-15-12/h8-9,11,13H,4-7H2,1-3H3,(H,14,15). The normalized spacial score (nSPS) is 18.0. The molecule has 0 aliphatic heterocycles. The number of nitrogens with zero attached hydrogens (tertiary/aromatic N) is 2. The Morgan fingerprint density at radius 2 is 2.38 bits per heavy atom. The van der Waals surface area contributed by atoms with Gasteiger partial charge in [-0.15, -0.1) is 0 Å². The molecule has 0 saturated heterocycles. The number of aromatic nitrogens is 2. The van der Waals surface area contributed by atoms with Crippen LogP contribution in [0.15, 0.2) is 6.33 Å². The van der Waals surface area contributed by atoms with E-state index in [1.807, 2.05) is 0 Å². The van der Waals surface area contributed by atoms with Crippen molar-refractivity contribution in [2.24, 2.45) is 0 Å². The Morgan fingerprint density at radius 1 is 1.62 bits per heavy atom. The number of hydrogen-bond donors (Lipinski definition) is 2. The van der Waals surface area contributed by atoms with Crippen LogP contribution in [-0.4, -0.2) is 40.5 Å². The van der Waals surface area contributed by atoms with Gasteiger partial charge >= 0.3 is 0 Å². The predicted octanol–water partition coefficient (Wildman–Crippen LogP) is 1.29. The fourth-order valence-corrected chi connectivity index (χ4v) is 1.95. The maximum atomic E-state index is 4.27. The van der Waals surface area contributed by atoms with Crippen molar-refractivity contribution in [2.75, 3.05) is 13.6 Å². The van der Waals surface area contributed by atoms with Crippen LogP contribution in [0.2, 0.25) is 0 Å². The zero-order valence-corrected chi connectivity index (χ0v) is 10.5. The van der Waals surface area contributed by atoms with Crippen molar-refractivity contribution in [3.8, 4) is 0 Å². The number of nitrogens with one attached hydrogen (secondary N) is 2. The summed E-state index contributed by atoms with van der Waals surface area (Å²) < 4.78 is 0. The molecule has 1 unspecified atom stereocenters. The molecule has 4 heteroatoms. The first-order chi connectivity index (χ1) is 7.68. The van der Waals surface area contributed by atoms with Crippen molar-refractivity contribution < 1.29 is 0 Å². The van der Waals surface area contributed by atoms with Gasteiger partial charge in [-0.05, 0) is 33.7 Å². The van der Waals surface area contributed by atoms with Crippen LogP contribution in [0.25, 0.3) is 0 Å². The van der Waals surface area contributed by atoms with Crippen LogP contribution in [0, 0.1) is 6.92 Å². The van der Waals surface area contributed by atoms with Crippen LogP contribution in [0.5, 0.6) is 0 Å². The van der Waals surface area contributed by atoms with E-state index in [0.29, 0.717) is 6.04 Å². The van der Waals surface area contributed by atoms with Crippen molar-refractivity contribution >= 4 is 0 Å². The molecule has 1 saturated carbocycles. The topological polar surface area (TPSA) is 44.0 Å². The summed E-state index contributed by atoms with van der Waals surface area (Å²) in [7, 11) is 2.23. The number of imidazole rings is 1. The fourth-order valence-electron chi connectivity index (χ4n) is 1.95. The number of aromatic amines is 1. The molecule has 0 spiro atoms. The Labute approximate surface area is 97.4 Å². The third-order valence-electron chi connectivity index (χ3n) is 3.48. The van der Waals surface area contributed by atoms with Crippen LogP contribution in [0.1, 0.15) is 31.2 Å². The van der Waals surface area contributed by atoms with E-state index in [1.165, 1.54) is 12.8 Å². The van der Waals surface area contributed by atoms with E-state index in [4.69, 9.17) is 0 Å². The Hall–Kier alpha value is -0.870. The minimum absolute atomic E-state index is 0.603. The molecule has 0 amide bonds. The van der Waals surface area contributed by atoms with Gasteiger partial charge in [0, 0.05) is 30.9 Å². The summed E-state index contributed by atoms with van der Waals surface area (Å²) in [4.78, 5) is 9.85. The highest BCUT2D eigenvalue weighted by Crippen LogP contribution is 2.26. The summed E-state index contributed by atoms with van der Waals surface area (Å²) in [6, 6.07) is 1.44. The first-order valence-corrected chi connectivity index (χ1v) is 6.10. The molecule has 1 heterocycles. The van der Waals surface area contributed by atoms with Crippen molar-refractivity contribution in [3.63, 3.8) is 0 Å². The first kappa shape index (κ1) is 11.6. The first-order valence-electron chi connectivity index (χ1n) is 6.10. The maximum Gasteiger partial charge on any atom is 0.0925 e. The highest BCUT2D eigenvalue weighted by Gasteiger charge is 2.28. The Kier molecular flexibility index (Phi) is 3.61. The van der Waals surface area contributed by atoms with Crippen molar-refractivity contribution in [3.05, 3.63) is 17.7 Å². The Bertz CT molecular complexity index is 330. The van der Waals surface area contributed by atoms with Gasteiger partial charge in [0.2, 0.25) is 0 Å². The molecule has 0 radical (unpaired) electrons.